The van der Waals surface area contributed by atoms with Gasteiger partial charge in [0.1, 0.15) is 11.8 Å². The van der Waals surface area contributed by atoms with Gasteiger partial charge in [-0.05, 0) is 53.0 Å². The summed E-state index contributed by atoms with van der Waals surface area (Å²) in [5.41, 5.74) is -1.11. The Hall–Kier alpha value is -3.37. The van der Waals surface area contributed by atoms with Gasteiger partial charge in [0.2, 0.25) is 0 Å². The number of halogens is 3. The molecule has 5 aliphatic rings. The van der Waals surface area contributed by atoms with Gasteiger partial charge in [-0.1, -0.05) is 0 Å². The molecule has 4 fully saturated rings. The summed E-state index contributed by atoms with van der Waals surface area (Å²) in [6.07, 6.45) is 2.11. The zero-order valence-electron chi connectivity index (χ0n) is 33.4. The van der Waals surface area contributed by atoms with E-state index in [-0.39, 0.29) is 121 Å². The number of benzene rings is 2. The van der Waals surface area contributed by atoms with Crippen LogP contribution in [0.3, 0.4) is 0 Å². The number of rotatable bonds is 7. The van der Waals surface area contributed by atoms with Gasteiger partial charge >= 0.3 is 232 Å². The van der Waals surface area contributed by atoms with Crippen molar-refractivity contribution < 1.29 is 41.7 Å². The molecule has 6 atom stereocenters. The van der Waals surface area contributed by atoms with Crippen LogP contribution in [0.15, 0.2) is 24.3 Å². The first-order valence-electron chi connectivity index (χ1n) is 19.3. The maximum absolute atomic E-state index is 17.6. The number of thiol groups is 1. The molecule has 312 valence electrons. The average molecular weight is 1040 g/mol. The maximum Gasteiger partial charge on any atom is -0.153 e. The van der Waals surface area contributed by atoms with Gasteiger partial charge in [-0.25, -0.2) is 9.18 Å². The molecule has 2 bridgehead atoms. The Balaban J connectivity index is 0.00000264. The van der Waals surface area contributed by atoms with Gasteiger partial charge in [-0.3, -0.25) is 9.80 Å². The molecule has 0 spiro atoms. The molecule has 4 aromatic rings. The largest absolute Gasteiger partial charge is 0.813 e. The normalized spacial score (nSPS) is 24.2. The Kier molecular flexibility index (Phi) is 12.5. The number of carbonyl (C=O) groups is 1. The van der Waals surface area contributed by atoms with Crippen LogP contribution < -0.4 is 19.1 Å². The molecule has 5 aliphatic heterocycles. The number of alkyl halides is 1. The number of pyridine rings is 1. The van der Waals surface area contributed by atoms with Crippen molar-refractivity contribution in [2.24, 2.45) is 0 Å². The van der Waals surface area contributed by atoms with E-state index >= 15 is 8.78 Å². The van der Waals surface area contributed by atoms with Gasteiger partial charge in [-0.2, -0.15) is 9.90 Å². The molecule has 12 nitrogen and oxygen atoms in total. The minimum atomic E-state index is -0.965. The number of amides is 1. The quantitative estimate of drug-likeness (QED) is 0.0568. The van der Waals surface area contributed by atoms with Crippen LogP contribution in [0.4, 0.5) is 23.8 Å². The number of ether oxygens (including phenoxy) is 5. The SMILES string of the molecule is COCOc1cc(-c2nc3c4c(nc(OC[C@@]56CCCN5C[C@@H](F)C6)nc4c2F)N2C[C@H]4CC[C@@H]([C@H]2CO3)N4C(=O)OC(C)(C)C)c2c(C#[C][Tl])c(F)ccc2c1.P.[SH-]. The summed E-state index contributed by atoms with van der Waals surface area (Å²) in [7, 11) is 1.49. The number of aromatic nitrogens is 3. The minimum absolute atomic E-state index is 0. The molecule has 0 saturated carbocycles. The topological polar surface area (TPSA) is 112 Å². The number of hydrogen-bond donors (Lipinski definition) is 0. The monoisotopic (exact) mass is 1040 g/mol. The van der Waals surface area contributed by atoms with Crippen molar-refractivity contribution in [3.05, 3.63) is 41.5 Å². The summed E-state index contributed by atoms with van der Waals surface area (Å²) in [5.74, 6) is 2.38. The standard InChI is InChI=1S/C41H42F3N6O6.H3P.H2S.Tl/c1-6-26-28(43)10-8-22-14-25(55-21-52-5)15-27(31(22)26)34-33(44)35-32-36(47-38(46-35)54-20-41-12-7-13-48(41)17-23(42)16-41)49-18-24-9-11-29(30(49)19-53-37(32)45-34)50(24)39(51)56-40(2,3)4;;;/h8,10,14-15,23-24,29-30H,7,9,11-13,16-21H2,2-5H3;1H3;1H2;/p-1/t23-,24+,29-,30+,41-;;;/m0.../s1. The van der Waals surface area contributed by atoms with E-state index in [9.17, 15) is 9.18 Å². The molecule has 0 aliphatic carbocycles. The van der Waals surface area contributed by atoms with E-state index in [0.29, 0.717) is 48.3 Å². The summed E-state index contributed by atoms with van der Waals surface area (Å²) in [6, 6.07) is 5.26. The Bertz CT molecular complexity index is 2370. The molecule has 1 unspecified atom stereocenters. The number of piperazine rings is 1. The number of hydrogen-bond acceptors (Lipinski definition) is 12. The number of carbonyl (C=O) groups excluding carboxylic acids is 1. The Morgan fingerprint density at radius 1 is 1.08 bits per heavy atom. The van der Waals surface area contributed by atoms with Crippen LogP contribution in [-0.2, 0) is 23.0 Å². The Morgan fingerprint density at radius 2 is 1.90 bits per heavy atom. The fourth-order valence-electron chi connectivity index (χ4n) is 9.56. The van der Waals surface area contributed by atoms with E-state index in [4.69, 9.17) is 38.6 Å². The van der Waals surface area contributed by atoms with Gasteiger partial charge in [0.25, 0.3) is 0 Å². The van der Waals surface area contributed by atoms with E-state index in [1.165, 1.54) is 13.2 Å². The molecule has 9 rings (SSSR count). The van der Waals surface area contributed by atoms with Crippen LogP contribution in [0.25, 0.3) is 32.9 Å². The van der Waals surface area contributed by atoms with Crippen LogP contribution >= 0.6 is 9.90 Å². The van der Waals surface area contributed by atoms with E-state index in [0.717, 1.165) is 25.8 Å². The molecule has 2 aromatic carbocycles. The molecule has 59 heavy (non-hydrogen) atoms. The van der Waals surface area contributed by atoms with Gasteiger partial charge < -0.3 is 18.2 Å². The van der Waals surface area contributed by atoms with E-state index in [1.807, 2.05) is 25.7 Å². The molecule has 0 radical (unpaired) electrons. The number of nitrogens with zero attached hydrogens (tertiary/aromatic N) is 6. The first kappa shape index (κ1) is 43.7. The first-order valence-corrected chi connectivity index (χ1v) is 21.6. The summed E-state index contributed by atoms with van der Waals surface area (Å²) < 4.78 is 80.7. The Morgan fingerprint density at radius 3 is 2.66 bits per heavy atom. The average Bonchev–Trinajstić information content (AvgIpc) is 3.78. The molecule has 18 heteroatoms. The van der Waals surface area contributed by atoms with Crippen LogP contribution in [0.1, 0.15) is 58.4 Å². The van der Waals surface area contributed by atoms with Crippen LogP contribution in [0, 0.1) is 21.0 Å². The van der Waals surface area contributed by atoms with Crippen LogP contribution in [0.2, 0.25) is 0 Å². The second-order valence-corrected chi connectivity index (χ2v) is 17.6. The van der Waals surface area contributed by atoms with Crippen molar-refractivity contribution in [1.82, 2.24) is 24.8 Å². The molecular weight excluding hydrogens is 997 g/mol. The van der Waals surface area contributed by atoms with Gasteiger partial charge in [0.05, 0.1) is 11.6 Å². The third-order valence-electron chi connectivity index (χ3n) is 11.8. The fourth-order valence-corrected chi connectivity index (χ4v) is 10.1. The maximum atomic E-state index is 17.6. The third kappa shape index (κ3) is 7.76. The molecule has 1 amide bonds. The summed E-state index contributed by atoms with van der Waals surface area (Å²) in [6.45, 7) is 7.17. The summed E-state index contributed by atoms with van der Waals surface area (Å²) >= 11 is 0.263. The van der Waals surface area contributed by atoms with Crippen molar-refractivity contribution in [3.63, 3.8) is 0 Å². The van der Waals surface area contributed by atoms with Crippen LogP contribution in [0.5, 0.6) is 17.6 Å². The fraction of sp³-hybridized carbons (Fsp3) is 0.512. The first-order chi connectivity index (χ1) is 27.4. The smallest absolute Gasteiger partial charge is 0.153 e. The number of methoxy groups -OCH3 is 1. The third-order valence-corrected chi connectivity index (χ3v) is 12.4. The van der Waals surface area contributed by atoms with E-state index in [1.54, 1.807) is 18.2 Å². The zero-order valence-corrected chi connectivity index (χ0v) is 40.2. The van der Waals surface area contributed by atoms with E-state index in [2.05, 4.69) is 19.2 Å². The molecule has 2 aromatic heterocycles. The minimum Gasteiger partial charge on any atom is -0.813 e. The van der Waals surface area contributed by atoms with Crippen LogP contribution in [-0.4, -0.2) is 139 Å². The number of fused-ring (bicyclic) bond motifs is 7. The summed E-state index contributed by atoms with van der Waals surface area (Å²) in [4.78, 5) is 34.1. The zero-order chi connectivity index (χ0) is 39.8. The predicted molar refractivity (Wildman–Crippen MR) is 225 cm³/mol. The van der Waals surface area contributed by atoms with Gasteiger partial charge in [0.15, 0.2) is 0 Å². The Labute approximate surface area is 366 Å². The predicted octanol–water partition coefficient (Wildman–Crippen LogP) is 5.68. The van der Waals surface area contributed by atoms with Crippen molar-refractivity contribution in [2.75, 3.05) is 51.7 Å². The van der Waals surface area contributed by atoms with E-state index < -0.39 is 41.1 Å². The molecule has 7 heterocycles. The second kappa shape index (κ2) is 16.8. The van der Waals surface area contributed by atoms with Gasteiger partial charge in [0, 0.05) is 13.0 Å². The van der Waals surface area contributed by atoms with Crippen molar-refractivity contribution in [2.45, 2.75) is 88.3 Å². The number of anilines is 1. The summed E-state index contributed by atoms with van der Waals surface area (Å²) in [5, 5.41) is 1.17. The molecular formula is C41H46F3N6O6PSTl-. The second-order valence-electron chi connectivity index (χ2n) is 16.5. The van der Waals surface area contributed by atoms with Crippen molar-refractivity contribution in [3.8, 4) is 38.3 Å². The van der Waals surface area contributed by atoms with Gasteiger partial charge in [-0.15, -0.1) is 0 Å². The molecule has 0 N–H and O–H groups in total. The van der Waals surface area contributed by atoms with Crippen molar-refractivity contribution in [1.29, 1.82) is 0 Å². The van der Waals surface area contributed by atoms with Crippen molar-refractivity contribution >= 4 is 82.7 Å². The molecule has 4 saturated heterocycles.